The first-order valence-corrected chi connectivity index (χ1v) is 9.20. The minimum absolute atomic E-state index is 0.189. The normalized spacial score (nSPS) is 19.1. The van der Waals surface area contributed by atoms with Crippen molar-refractivity contribution in [2.24, 2.45) is 7.05 Å². The summed E-state index contributed by atoms with van der Waals surface area (Å²) in [5.41, 5.74) is 0.542. The number of rotatable bonds is 4. The minimum atomic E-state index is -0.292. The third-order valence-corrected chi connectivity index (χ3v) is 4.94. The average Bonchev–Trinajstić information content (AvgIpc) is 3.45. The SMILES string of the molecule is Cc1nc(NC2COCC2n2nc(-n3cccn3)ccc2=O)c2cnn(C)c2n1. The molecule has 5 heterocycles. The van der Waals surface area contributed by atoms with E-state index in [0.717, 1.165) is 11.0 Å². The molecule has 4 aromatic heterocycles. The van der Waals surface area contributed by atoms with Crippen molar-refractivity contribution >= 4 is 16.9 Å². The minimum Gasteiger partial charge on any atom is -0.377 e. The van der Waals surface area contributed by atoms with E-state index in [1.165, 1.54) is 10.7 Å². The zero-order valence-corrected chi connectivity index (χ0v) is 15.9. The van der Waals surface area contributed by atoms with Crippen LogP contribution in [0.15, 0.2) is 41.6 Å². The Labute approximate surface area is 165 Å². The van der Waals surface area contributed by atoms with Crippen molar-refractivity contribution in [1.29, 1.82) is 0 Å². The highest BCUT2D eigenvalue weighted by Gasteiger charge is 2.32. The maximum Gasteiger partial charge on any atom is 0.267 e. The number of anilines is 1. The molecule has 1 N–H and O–H groups in total. The van der Waals surface area contributed by atoms with Crippen LogP contribution in [-0.2, 0) is 11.8 Å². The lowest BCUT2D eigenvalue weighted by molar-refractivity contribution is 0.182. The van der Waals surface area contributed by atoms with Gasteiger partial charge < -0.3 is 10.1 Å². The molecule has 2 atom stereocenters. The number of aromatic nitrogens is 8. The quantitative estimate of drug-likeness (QED) is 0.532. The molecule has 1 aliphatic rings. The predicted molar refractivity (Wildman–Crippen MR) is 104 cm³/mol. The van der Waals surface area contributed by atoms with Gasteiger partial charge in [0.15, 0.2) is 11.5 Å². The molecular weight excluding hydrogens is 374 g/mol. The summed E-state index contributed by atoms with van der Waals surface area (Å²) in [6, 6.07) is 4.47. The Morgan fingerprint density at radius 2 is 2.10 bits per heavy atom. The van der Waals surface area contributed by atoms with Crippen molar-refractivity contribution in [1.82, 2.24) is 39.3 Å². The lowest BCUT2D eigenvalue weighted by Crippen LogP contribution is -2.37. The standard InChI is InChI=1S/C18H19N9O2/c1-11-21-17(12-8-20-25(2)18(12)22-11)23-13-9-29-10-14(13)27-16(28)5-4-15(24-27)26-7-3-6-19-26/h3-8,13-14H,9-10H2,1-2H3,(H,21,22,23). The molecule has 0 spiro atoms. The predicted octanol–water partition coefficient (Wildman–Crippen LogP) is 0.466. The van der Waals surface area contributed by atoms with Gasteiger partial charge in [0.1, 0.15) is 17.7 Å². The maximum absolute atomic E-state index is 12.5. The fourth-order valence-electron chi connectivity index (χ4n) is 3.52. The van der Waals surface area contributed by atoms with E-state index >= 15 is 0 Å². The molecule has 0 radical (unpaired) electrons. The van der Waals surface area contributed by atoms with Crippen LogP contribution in [0.2, 0.25) is 0 Å². The molecule has 1 fully saturated rings. The van der Waals surface area contributed by atoms with Crippen LogP contribution in [0, 0.1) is 6.92 Å². The molecule has 11 heteroatoms. The van der Waals surface area contributed by atoms with E-state index in [9.17, 15) is 4.79 Å². The molecule has 0 bridgehead atoms. The van der Waals surface area contributed by atoms with E-state index in [1.54, 1.807) is 40.1 Å². The van der Waals surface area contributed by atoms with Gasteiger partial charge in [0.05, 0.1) is 30.8 Å². The highest BCUT2D eigenvalue weighted by atomic mass is 16.5. The van der Waals surface area contributed by atoms with Crippen molar-refractivity contribution < 1.29 is 4.74 Å². The highest BCUT2D eigenvalue weighted by molar-refractivity contribution is 5.86. The van der Waals surface area contributed by atoms with Crippen molar-refractivity contribution in [3.8, 4) is 5.82 Å². The molecule has 4 aromatic rings. The van der Waals surface area contributed by atoms with Crippen LogP contribution >= 0.6 is 0 Å². The Kier molecular flexibility index (Phi) is 4.09. The van der Waals surface area contributed by atoms with E-state index in [2.05, 4.69) is 30.6 Å². The molecule has 2 unspecified atom stereocenters. The number of hydrogen-bond acceptors (Lipinski definition) is 8. The smallest absolute Gasteiger partial charge is 0.267 e. The molecule has 0 aromatic carbocycles. The summed E-state index contributed by atoms with van der Waals surface area (Å²) in [7, 11) is 1.84. The second kappa shape index (κ2) is 6.78. The summed E-state index contributed by atoms with van der Waals surface area (Å²) in [6.07, 6.45) is 5.17. The van der Waals surface area contributed by atoms with Gasteiger partial charge in [-0.1, -0.05) is 0 Å². The second-order valence-corrected chi connectivity index (χ2v) is 6.91. The van der Waals surface area contributed by atoms with Crippen LogP contribution in [0.1, 0.15) is 11.9 Å². The molecule has 1 aliphatic heterocycles. The van der Waals surface area contributed by atoms with Crippen molar-refractivity contribution in [3.63, 3.8) is 0 Å². The Morgan fingerprint density at radius 3 is 2.93 bits per heavy atom. The first kappa shape index (κ1) is 17.5. The first-order chi connectivity index (χ1) is 14.1. The van der Waals surface area contributed by atoms with Crippen LogP contribution in [0.4, 0.5) is 5.82 Å². The molecular formula is C18H19N9O2. The zero-order chi connectivity index (χ0) is 20.0. The molecule has 11 nitrogen and oxygen atoms in total. The lowest BCUT2D eigenvalue weighted by Gasteiger charge is -2.21. The Balaban J connectivity index is 1.50. The van der Waals surface area contributed by atoms with Crippen molar-refractivity contribution in [3.05, 3.63) is 53.0 Å². The maximum atomic E-state index is 12.5. The van der Waals surface area contributed by atoms with E-state index in [0.29, 0.717) is 30.7 Å². The van der Waals surface area contributed by atoms with Crippen LogP contribution in [-0.4, -0.2) is 58.6 Å². The highest BCUT2D eigenvalue weighted by Crippen LogP contribution is 2.25. The van der Waals surface area contributed by atoms with Crippen molar-refractivity contribution in [2.75, 3.05) is 18.5 Å². The van der Waals surface area contributed by atoms with Gasteiger partial charge in [-0.3, -0.25) is 9.48 Å². The lowest BCUT2D eigenvalue weighted by atomic mass is 10.1. The molecule has 1 saturated heterocycles. The van der Waals surface area contributed by atoms with Crippen LogP contribution < -0.4 is 10.9 Å². The number of hydrogen-bond donors (Lipinski definition) is 1. The van der Waals surface area contributed by atoms with E-state index in [-0.39, 0.29) is 17.6 Å². The zero-order valence-electron chi connectivity index (χ0n) is 15.9. The summed E-state index contributed by atoms with van der Waals surface area (Å²) in [5.74, 6) is 1.86. The molecule has 0 saturated carbocycles. The van der Waals surface area contributed by atoms with Gasteiger partial charge in [0.25, 0.3) is 5.56 Å². The third kappa shape index (κ3) is 3.05. The number of aryl methyl sites for hydroxylation is 2. The fraction of sp³-hybridized carbons (Fsp3) is 0.333. The Hall–Kier alpha value is -3.60. The molecule has 0 amide bonds. The molecule has 0 aliphatic carbocycles. The molecule has 148 valence electrons. The molecule has 29 heavy (non-hydrogen) atoms. The van der Waals surface area contributed by atoms with Gasteiger partial charge in [-0.15, -0.1) is 5.10 Å². The largest absolute Gasteiger partial charge is 0.377 e. The van der Waals surface area contributed by atoms with E-state index in [1.807, 2.05) is 14.0 Å². The Bertz CT molecular complexity index is 1230. The van der Waals surface area contributed by atoms with Crippen LogP contribution in [0.25, 0.3) is 16.9 Å². The number of ether oxygens (including phenoxy) is 1. The van der Waals surface area contributed by atoms with Gasteiger partial charge in [-0.05, 0) is 19.1 Å². The topological polar surface area (TPSA) is 118 Å². The van der Waals surface area contributed by atoms with Gasteiger partial charge >= 0.3 is 0 Å². The summed E-state index contributed by atoms with van der Waals surface area (Å²) >= 11 is 0. The number of fused-ring (bicyclic) bond motifs is 1. The summed E-state index contributed by atoms with van der Waals surface area (Å²) in [6.45, 7) is 2.63. The molecule has 5 rings (SSSR count). The summed E-state index contributed by atoms with van der Waals surface area (Å²) < 4.78 is 10.5. The second-order valence-electron chi connectivity index (χ2n) is 6.91. The average molecular weight is 393 g/mol. The number of nitrogens with one attached hydrogen (secondary N) is 1. The van der Waals surface area contributed by atoms with Crippen LogP contribution in [0.5, 0.6) is 0 Å². The van der Waals surface area contributed by atoms with Gasteiger partial charge in [-0.2, -0.15) is 10.2 Å². The van der Waals surface area contributed by atoms with Crippen molar-refractivity contribution in [2.45, 2.75) is 19.0 Å². The van der Waals surface area contributed by atoms with Gasteiger partial charge in [-0.25, -0.2) is 19.3 Å². The summed E-state index contributed by atoms with van der Waals surface area (Å²) in [4.78, 5) is 21.5. The van der Waals surface area contributed by atoms with E-state index in [4.69, 9.17) is 4.74 Å². The third-order valence-electron chi connectivity index (χ3n) is 4.94. The fourth-order valence-corrected chi connectivity index (χ4v) is 3.52. The van der Waals surface area contributed by atoms with Crippen LogP contribution in [0.3, 0.4) is 0 Å². The van der Waals surface area contributed by atoms with E-state index < -0.39 is 0 Å². The first-order valence-electron chi connectivity index (χ1n) is 9.20. The number of nitrogens with zero attached hydrogens (tertiary/aromatic N) is 8. The Morgan fingerprint density at radius 1 is 1.21 bits per heavy atom. The van der Waals surface area contributed by atoms with Gasteiger partial charge in [0, 0.05) is 25.5 Å². The monoisotopic (exact) mass is 393 g/mol. The summed E-state index contributed by atoms with van der Waals surface area (Å²) in [5, 5.41) is 17.2. The van der Waals surface area contributed by atoms with Gasteiger partial charge in [0.2, 0.25) is 0 Å².